The number of ether oxygens (including phenoxy) is 1. The molecule has 1 N–H and O–H groups in total. The van der Waals surface area contributed by atoms with Crippen LogP contribution in [0.5, 0.6) is 0 Å². The number of anilines is 1. The lowest BCUT2D eigenvalue weighted by Crippen LogP contribution is -2.48. The first kappa shape index (κ1) is 22.6. The summed E-state index contributed by atoms with van der Waals surface area (Å²) in [5.41, 5.74) is 1.13. The Morgan fingerprint density at radius 2 is 1.56 bits per heavy atom. The standard InChI is InChI=1S/C28H25FN2O5/c29-16-6-8-17(9-7-16)30-23(32)14-36-28(35)22(12-15-4-2-1-3-5-15)31-26(33)24-18-10-11-19(21-13-20(18)21)25(24)27(31)34/h1-11,18-22,24-25H,12-14H2,(H,30,32)/t18-,19-,20-,21-,22-,24+,25+/m0/s1. The summed E-state index contributed by atoms with van der Waals surface area (Å²) in [7, 11) is 0. The van der Waals surface area contributed by atoms with E-state index in [0.29, 0.717) is 17.5 Å². The third-order valence-electron chi connectivity index (χ3n) is 8.03. The summed E-state index contributed by atoms with van der Waals surface area (Å²) in [5.74, 6) is -2.35. The van der Waals surface area contributed by atoms with Gasteiger partial charge in [0.05, 0.1) is 11.8 Å². The molecule has 0 radical (unpaired) electrons. The summed E-state index contributed by atoms with van der Waals surface area (Å²) in [5, 5.41) is 2.53. The van der Waals surface area contributed by atoms with Crippen LogP contribution in [0.15, 0.2) is 66.7 Å². The third-order valence-corrected chi connectivity index (χ3v) is 8.03. The van der Waals surface area contributed by atoms with Gasteiger partial charge in [-0.2, -0.15) is 0 Å². The van der Waals surface area contributed by atoms with E-state index in [1.165, 1.54) is 24.3 Å². The van der Waals surface area contributed by atoms with Crippen LogP contribution in [0, 0.1) is 41.3 Å². The highest BCUT2D eigenvalue weighted by molar-refractivity contribution is 6.09. The van der Waals surface area contributed by atoms with Crippen LogP contribution in [0.25, 0.3) is 0 Å². The van der Waals surface area contributed by atoms with Gasteiger partial charge in [0.15, 0.2) is 6.61 Å². The lowest BCUT2D eigenvalue weighted by atomic mass is 9.63. The molecule has 4 aliphatic carbocycles. The fourth-order valence-electron chi connectivity index (χ4n) is 6.37. The number of amides is 3. The maximum absolute atomic E-state index is 13.6. The van der Waals surface area contributed by atoms with Crippen molar-refractivity contribution in [2.24, 2.45) is 35.5 Å². The van der Waals surface area contributed by atoms with Gasteiger partial charge in [0.2, 0.25) is 11.8 Å². The molecule has 7 nitrogen and oxygen atoms in total. The summed E-state index contributed by atoms with van der Waals surface area (Å²) in [4.78, 5) is 53.9. The van der Waals surface area contributed by atoms with E-state index in [2.05, 4.69) is 17.5 Å². The zero-order valence-electron chi connectivity index (χ0n) is 19.4. The number of hydrogen-bond acceptors (Lipinski definition) is 5. The summed E-state index contributed by atoms with van der Waals surface area (Å²) >= 11 is 0. The van der Waals surface area contributed by atoms with Gasteiger partial charge in [0.1, 0.15) is 11.9 Å². The molecule has 8 heteroatoms. The van der Waals surface area contributed by atoms with E-state index in [1.54, 1.807) is 0 Å². The van der Waals surface area contributed by atoms with E-state index in [1.807, 2.05) is 30.3 Å². The van der Waals surface area contributed by atoms with Gasteiger partial charge in [-0.15, -0.1) is 0 Å². The zero-order valence-corrected chi connectivity index (χ0v) is 19.4. The van der Waals surface area contributed by atoms with E-state index >= 15 is 0 Å². The fraction of sp³-hybridized carbons (Fsp3) is 0.357. The van der Waals surface area contributed by atoms with Crippen LogP contribution >= 0.6 is 0 Å². The van der Waals surface area contributed by atoms with Gasteiger partial charge in [-0.1, -0.05) is 42.5 Å². The number of carbonyl (C=O) groups excluding carboxylic acids is 4. The van der Waals surface area contributed by atoms with Gasteiger partial charge in [-0.25, -0.2) is 9.18 Å². The molecule has 3 fully saturated rings. The Kier molecular flexibility index (Phi) is 5.47. The van der Waals surface area contributed by atoms with Crippen LogP contribution in [-0.2, 0) is 30.3 Å². The van der Waals surface area contributed by atoms with Crippen molar-refractivity contribution in [3.8, 4) is 0 Å². The average molecular weight is 489 g/mol. The average Bonchev–Trinajstić information content (AvgIpc) is 3.67. The largest absolute Gasteiger partial charge is 0.454 e. The lowest BCUT2D eigenvalue weighted by molar-refractivity contribution is -0.160. The molecule has 2 aromatic carbocycles. The number of nitrogens with zero attached hydrogens (tertiary/aromatic N) is 1. The Morgan fingerprint density at radius 1 is 0.944 bits per heavy atom. The summed E-state index contributed by atoms with van der Waals surface area (Å²) in [6.45, 7) is -0.596. The van der Waals surface area contributed by atoms with Crippen LogP contribution in [0.1, 0.15) is 12.0 Å². The molecule has 1 heterocycles. The maximum atomic E-state index is 13.6. The molecule has 1 saturated heterocycles. The van der Waals surface area contributed by atoms with Gasteiger partial charge in [-0.05, 0) is 59.9 Å². The molecule has 2 saturated carbocycles. The maximum Gasteiger partial charge on any atom is 0.330 e. The Bertz CT molecular complexity index is 1220. The molecule has 0 spiro atoms. The van der Waals surface area contributed by atoms with Gasteiger partial charge < -0.3 is 10.1 Å². The van der Waals surface area contributed by atoms with Crippen LogP contribution in [0.4, 0.5) is 10.1 Å². The van der Waals surface area contributed by atoms with Crippen LogP contribution < -0.4 is 5.32 Å². The van der Waals surface area contributed by atoms with Crippen molar-refractivity contribution in [1.82, 2.24) is 4.90 Å². The van der Waals surface area contributed by atoms with Gasteiger partial charge >= 0.3 is 5.97 Å². The minimum atomic E-state index is -1.16. The molecule has 7 rings (SSSR count). The predicted octanol–water partition coefficient (Wildman–Crippen LogP) is 2.97. The molecule has 36 heavy (non-hydrogen) atoms. The first-order valence-electron chi connectivity index (χ1n) is 12.2. The fourth-order valence-corrected chi connectivity index (χ4v) is 6.37. The number of carbonyl (C=O) groups is 4. The van der Waals surface area contributed by atoms with Crippen molar-refractivity contribution in [2.75, 3.05) is 11.9 Å². The molecule has 1 aliphatic heterocycles. The SMILES string of the molecule is O=C(COC(=O)[C@H](Cc1ccccc1)N1C(=O)[C@@H]2[C@H]3C=C[C@@H]([C@@H]4C[C@@H]34)[C@H]2C1=O)Nc1ccc(F)cc1. The van der Waals surface area contributed by atoms with E-state index in [4.69, 9.17) is 4.74 Å². The predicted molar refractivity (Wildman–Crippen MR) is 126 cm³/mol. The molecule has 2 bridgehead atoms. The lowest BCUT2D eigenvalue weighted by Gasteiger charge is -2.37. The minimum absolute atomic E-state index is 0.0429. The van der Waals surface area contributed by atoms with Crippen molar-refractivity contribution >= 4 is 29.4 Å². The number of rotatable bonds is 7. The molecule has 0 unspecified atom stereocenters. The molecule has 0 aromatic heterocycles. The quantitative estimate of drug-likeness (QED) is 0.368. The Hall–Kier alpha value is -3.81. The molecule has 7 atom stereocenters. The first-order valence-corrected chi connectivity index (χ1v) is 12.2. The Morgan fingerprint density at radius 3 is 2.17 bits per heavy atom. The topological polar surface area (TPSA) is 92.8 Å². The van der Waals surface area contributed by atoms with Crippen molar-refractivity contribution in [3.63, 3.8) is 0 Å². The number of imide groups is 1. The van der Waals surface area contributed by atoms with Gasteiger partial charge in [0.25, 0.3) is 5.91 Å². The third kappa shape index (κ3) is 3.81. The van der Waals surface area contributed by atoms with Crippen molar-refractivity contribution in [1.29, 1.82) is 0 Å². The number of halogens is 1. The monoisotopic (exact) mass is 488 g/mol. The second-order valence-electron chi connectivity index (χ2n) is 10.1. The van der Waals surface area contributed by atoms with E-state index in [0.717, 1.165) is 16.9 Å². The highest BCUT2D eigenvalue weighted by Gasteiger charge is 2.68. The summed E-state index contributed by atoms with van der Waals surface area (Å²) < 4.78 is 18.4. The van der Waals surface area contributed by atoms with Crippen LogP contribution in [0.2, 0.25) is 0 Å². The van der Waals surface area contributed by atoms with E-state index in [9.17, 15) is 23.6 Å². The smallest absolute Gasteiger partial charge is 0.330 e. The summed E-state index contributed by atoms with van der Waals surface area (Å²) in [6.07, 6.45) is 5.32. The van der Waals surface area contributed by atoms with Gasteiger partial charge in [-0.3, -0.25) is 19.3 Å². The number of benzene rings is 2. The van der Waals surface area contributed by atoms with Gasteiger partial charge in [0, 0.05) is 12.1 Å². The summed E-state index contributed by atoms with van der Waals surface area (Å²) in [6, 6.07) is 13.1. The van der Waals surface area contributed by atoms with E-state index in [-0.39, 0.29) is 30.1 Å². The van der Waals surface area contributed by atoms with E-state index < -0.39 is 42.2 Å². The number of likely N-dealkylation sites (tertiary alicyclic amines) is 1. The first-order chi connectivity index (χ1) is 17.4. The second kappa shape index (κ2) is 8.69. The van der Waals surface area contributed by atoms with Crippen molar-refractivity contribution in [2.45, 2.75) is 18.9 Å². The molecular formula is C28H25FN2O5. The number of allylic oxidation sites excluding steroid dienone is 2. The van der Waals surface area contributed by atoms with Crippen molar-refractivity contribution < 1.29 is 28.3 Å². The highest BCUT2D eigenvalue weighted by Crippen LogP contribution is 2.65. The molecule has 5 aliphatic rings. The second-order valence-corrected chi connectivity index (χ2v) is 10.1. The number of nitrogens with one attached hydrogen (secondary N) is 1. The highest BCUT2D eigenvalue weighted by atomic mass is 19.1. The normalized spacial score (nSPS) is 30.0. The van der Waals surface area contributed by atoms with Crippen LogP contribution in [-0.4, -0.2) is 41.2 Å². The van der Waals surface area contributed by atoms with Crippen molar-refractivity contribution in [3.05, 3.63) is 78.1 Å². The zero-order chi connectivity index (χ0) is 25.0. The molecule has 3 amide bonds. The minimum Gasteiger partial charge on any atom is -0.454 e. The molecular weight excluding hydrogens is 463 g/mol. The molecule has 2 aromatic rings. The number of esters is 1. The number of hydrogen-bond donors (Lipinski definition) is 1. The Balaban J connectivity index is 1.20. The Labute approximate surface area is 207 Å². The molecule has 184 valence electrons. The van der Waals surface area contributed by atoms with Crippen LogP contribution in [0.3, 0.4) is 0 Å².